The van der Waals surface area contributed by atoms with Gasteiger partial charge in [0.15, 0.2) is 10.9 Å². The smallest absolute Gasteiger partial charge is 0.257 e. The van der Waals surface area contributed by atoms with Gasteiger partial charge in [-0.25, -0.2) is 0 Å². The average molecular weight is 438 g/mol. The molecule has 2 aromatic carbocycles. The molecule has 28 heavy (non-hydrogen) atoms. The molecular weight excluding hydrogens is 417 g/mol. The number of benzene rings is 2. The molecule has 0 radical (unpaired) electrons. The molecule has 8 heteroatoms. The van der Waals surface area contributed by atoms with Crippen LogP contribution in [0.5, 0.6) is 5.75 Å². The Morgan fingerprint density at radius 3 is 2.32 bits per heavy atom. The van der Waals surface area contributed by atoms with Gasteiger partial charge in [0.05, 0.1) is 17.2 Å². The van der Waals surface area contributed by atoms with E-state index in [-0.39, 0.29) is 15.2 Å². The van der Waals surface area contributed by atoms with Crippen molar-refractivity contribution < 1.29 is 9.53 Å². The summed E-state index contributed by atoms with van der Waals surface area (Å²) in [7, 11) is 1.46. The molecule has 2 N–H and O–H groups in total. The van der Waals surface area contributed by atoms with Gasteiger partial charge < -0.3 is 10.1 Å². The number of ether oxygens (including phenoxy) is 1. The SMILES string of the molecule is COc1c(Cl)cc(C(=O)NC(=S)Nc2ccc(CN3CCCC3)cc2)cc1Cl. The third kappa shape index (κ3) is 5.35. The zero-order valence-electron chi connectivity index (χ0n) is 15.4. The van der Waals surface area contributed by atoms with Crippen LogP contribution in [-0.2, 0) is 6.54 Å². The van der Waals surface area contributed by atoms with Gasteiger partial charge in [-0.15, -0.1) is 0 Å². The summed E-state index contributed by atoms with van der Waals surface area (Å²) in [6.45, 7) is 3.28. The summed E-state index contributed by atoms with van der Waals surface area (Å²) in [6.07, 6.45) is 2.55. The van der Waals surface area contributed by atoms with E-state index in [4.69, 9.17) is 40.2 Å². The number of nitrogens with zero attached hydrogens (tertiary/aromatic N) is 1. The van der Waals surface area contributed by atoms with Gasteiger partial charge >= 0.3 is 0 Å². The molecule has 0 atom stereocenters. The molecule has 2 aromatic rings. The molecule has 148 valence electrons. The number of nitrogens with one attached hydrogen (secondary N) is 2. The van der Waals surface area contributed by atoms with Crippen LogP contribution in [0.3, 0.4) is 0 Å². The number of methoxy groups -OCH3 is 1. The minimum atomic E-state index is -0.408. The minimum absolute atomic E-state index is 0.195. The van der Waals surface area contributed by atoms with Crippen molar-refractivity contribution in [1.29, 1.82) is 0 Å². The fourth-order valence-corrected chi connectivity index (χ4v) is 3.97. The normalized spacial score (nSPS) is 14.0. The second-order valence-corrected chi connectivity index (χ2v) is 7.78. The van der Waals surface area contributed by atoms with E-state index >= 15 is 0 Å². The molecule has 0 saturated carbocycles. The van der Waals surface area contributed by atoms with Crippen molar-refractivity contribution in [1.82, 2.24) is 10.2 Å². The highest BCUT2D eigenvalue weighted by molar-refractivity contribution is 7.80. The predicted molar refractivity (Wildman–Crippen MR) is 118 cm³/mol. The fraction of sp³-hybridized carbons (Fsp3) is 0.300. The number of carbonyl (C=O) groups is 1. The molecule has 0 aromatic heterocycles. The van der Waals surface area contributed by atoms with E-state index in [9.17, 15) is 4.79 Å². The molecule has 1 amide bonds. The Morgan fingerprint density at radius 1 is 1.14 bits per heavy atom. The van der Waals surface area contributed by atoms with Gasteiger partial charge in [0, 0.05) is 17.8 Å². The highest BCUT2D eigenvalue weighted by Crippen LogP contribution is 2.33. The Bertz CT molecular complexity index is 845. The van der Waals surface area contributed by atoms with Crippen molar-refractivity contribution in [3.8, 4) is 5.75 Å². The topological polar surface area (TPSA) is 53.6 Å². The van der Waals surface area contributed by atoms with E-state index in [1.165, 1.54) is 37.6 Å². The molecular formula is C20H21Cl2N3O2S. The molecule has 5 nitrogen and oxygen atoms in total. The molecule has 0 spiro atoms. The van der Waals surface area contributed by atoms with E-state index < -0.39 is 5.91 Å². The van der Waals surface area contributed by atoms with Gasteiger partial charge in [0.25, 0.3) is 5.91 Å². The lowest BCUT2D eigenvalue weighted by Gasteiger charge is -2.15. The summed E-state index contributed by atoms with van der Waals surface area (Å²) in [5, 5.41) is 6.34. The largest absolute Gasteiger partial charge is 0.494 e. The lowest BCUT2D eigenvalue weighted by molar-refractivity contribution is 0.0977. The zero-order valence-corrected chi connectivity index (χ0v) is 17.8. The van der Waals surface area contributed by atoms with Crippen molar-refractivity contribution in [2.45, 2.75) is 19.4 Å². The lowest BCUT2D eigenvalue weighted by Crippen LogP contribution is -2.34. The Kier molecular flexibility index (Phi) is 7.13. The van der Waals surface area contributed by atoms with Gasteiger partial charge in [-0.2, -0.15) is 0 Å². The van der Waals surface area contributed by atoms with Gasteiger partial charge in [0.2, 0.25) is 0 Å². The van der Waals surface area contributed by atoms with Crippen LogP contribution < -0.4 is 15.4 Å². The van der Waals surface area contributed by atoms with Gasteiger partial charge in [-0.3, -0.25) is 15.0 Å². The van der Waals surface area contributed by atoms with Gasteiger partial charge in [-0.05, 0) is 68.0 Å². The van der Waals surface area contributed by atoms with E-state index in [2.05, 4.69) is 27.7 Å². The van der Waals surface area contributed by atoms with Crippen molar-refractivity contribution in [3.63, 3.8) is 0 Å². The standard InChI is InChI=1S/C20H21Cl2N3O2S/c1-27-18-16(21)10-14(11-17(18)22)19(26)24-20(28)23-15-6-4-13(5-7-15)12-25-8-2-3-9-25/h4-7,10-11H,2-3,8-9,12H2,1H3,(H2,23,24,26,28). The maximum absolute atomic E-state index is 12.4. The second-order valence-electron chi connectivity index (χ2n) is 6.56. The zero-order chi connectivity index (χ0) is 20.1. The van der Waals surface area contributed by atoms with Gasteiger partial charge in [-0.1, -0.05) is 35.3 Å². The number of likely N-dealkylation sites (tertiary alicyclic amines) is 1. The first kappa shape index (κ1) is 20.9. The van der Waals surface area contributed by atoms with E-state index in [1.807, 2.05) is 12.1 Å². The van der Waals surface area contributed by atoms with Crippen molar-refractivity contribution in [2.75, 3.05) is 25.5 Å². The number of amides is 1. The number of halogens is 2. The first-order valence-electron chi connectivity index (χ1n) is 8.93. The molecule has 0 aliphatic carbocycles. The number of hydrogen-bond donors (Lipinski definition) is 2. The molecule has 1 aliphatic heterocycles. The third-order valence-corrected chi connectivity index (χ3v) is 5.27. The second kappa shape index (κ2) is 9.56. The van der Waals surface area contributed by atoms with Gasteiger partial charge in [0.1, 0.15) is 0 Å². The van der Waals surface area contributed by atoms with E-state index in [0.717, 1.165) is 25.3 Å². The summed E-state index contributed by atoms with van der Waals surface area (Å²) in [6, 6.07) is 11.0. The van der Waals surface area contributed by atoms with Crippen LogP contribution in [0.15, 0.2) is 36.4 Å². The maximum atomic E-state index is 12.4. The molecule has 1 aliphatic rings. The summed E-state index contributed by atoms with van der Waals surface area (Å²) < 4.78 is 5.09. The van der Waals surface area contributed by atoms with E-state index in [0.29, 0.717) is 11.3 Å². The van der Waals surface area contributed by atoms with Crippen LogP contribution >= 0.6 is 35.4 Å². The van der Waals surface area contributed by atoms with Crippen molar-refractivity contribution >= 4 is 52.1 Å². The number of thiocarbonyl (C=S) groups is 1. The summed E-state index contributed by atoms with van der Waals surface area (Å²) in [5.41, 5.74) is 2.35. The van der Waals surface area contributed by atoms with Crippen LogP contribution in [0, 0.1) is 0 Å². The first-order valence-corrected chi connectivity index (χ1v) is 10.1. The summed E-state index contributed by atoms with van der Waals surface area (Å²) in [4.78, 5) is 14.8. The first-order chi connectivity index (χ1) is 13.5. The fourth-order valence-electron chi connectivity index (χ4n) is 3.12. The number of rotatable bonds is 5. The molecule has 0 unspecified atom stereocenters. The monoisotopic (exact) mass is 437 g/mol. The van der Waals surface area contributed by atoms with Crippen LogP contribution in [-0.4, -0.2) is 36.1 Å². The third-order valence-electron chi connectivity index (χ3n) is 4.51. The van der Waals surface area contributed by atoms with Crippen LogP contribution in [0.25, 0.3) is 0 Å². The highest BCUT2D eigenvalue weighted by Gasteiger charge is 2.15. The Balaban J connectivity index is 1.56. The quantitative estimate of drug-likeness (QED) is 0.662. The molecule has 0 bridgehead atoms. The molecule has 1 saturated heterocycles. The van der Waals surface area contributed by atoms with Crippen molar-refractivity contribution in [3.05, 3.63) is 57.6 Å². The Morgan fingerprint density at radius 2 is 1.75 bits per heavy atom. The average Bonchev–Trinajstić information content (AvgIpc) is 3.16. The van der Waals surface area contributed by atoms with Crippen LogP contribution in [0.2, 0.25) is 10.0 Å². The number of anilines is 1. The molecule has 1 fully saturated rings. The number of hydrogen-bond acceptors (Lipinski definition) is 4. The van der Waals surface area contributed by atoms with Crippen LogP contribution in [0.1, 0.15) is 28.8 Å². The maximum Gasteiger partial charge on any atom is 0.257 e. The predicted octanol–water partition coefficient (Wildman–Crippen LogP) is 4.72. The molecule has 3 rings (SSSR count). The van der Waals surface area contributed by atoms with E-state index in [1.54, 1.807) is 0 Å². The Labute approximate surface area is 180 Å². The summed E-state index contributed by atoms with van der Waals surface area (Å²) in [5.74, 6) is -0.0794. The minimum Gasteiger partial charge on any atom is -0.494 e. The number of carbonyl (C=O) groups excluding carboxylic acids is 1. The summed E-state index contributed by atoms with van der Waals surface area (Å²) >= 11 is 17.4. The molecule has 1 heterocycles. The highest BCUT2D eigenvalue weighted by atomic mass is 35.5. The van der Waals surface area contributed by atoms with Crippen LogP contribution in [0.4, 0.5) is 5.69 Å². The lowest BCUT2D eigenvalue weighted by atomic mass is 10.2. The Hall–Kier alpha value is -1.86. The van der Waals surface area contributed by atoms with Crippen molar-refractivity contribution in [2.24, 2.45) is 0 Å².